The van der Waals surface area contributed by atoms with Crippen LogP contribution in [0.1, 0.15) is 16.7 Å². The van der Waals surface area contributed by atoms with E-state index in [1.54, 1.807) is 48.5 Å². The molecule has 37 heavy (non-hydrogen) atoms. The molecule has 2 atom stereocenters. The van der Waals surface area contributed by atoms with E-state index in [9.17, 15) is 24.6 Å². The molecule has 0 saturated carbocycles. The Morgan fingerprint density at radius 3 is 1.70 bits per heavy atom. The second-order valence-electron chi connectivity index (χ2n) is 8.08. The lowest BCUT2D eigenvalue weighted by Gasteiger charge is -2.23. The SMILES string of the molecule is O=C(N[C@@H](CO)NC(=O)[C@H](Cc1ccc(O)cc1)NC(=O)OCc1ccccc1)OCc1ccccc1. The number of carbonyl (C=O) groups is 3. The van der Waals surface area contributed by atoms with Gasteiger partial charge >= 0.3 is 12.2 Å². The number of alkyl carbamates (subject to hydrolysis) is 2. The molecule has 0 aliphatic heterocycles. The summed E-state index contributed by atoms with van der Waals surface area (Å²) in [6, 6.07) is 23.1. The Bertz CT molecular complexity index is 1140. The van der Waals surface area contributed by atoms with Crippen molar-refractivity contribution >= 4 is 18.1 Å². The first-order valence-electron chi connectivity index (χ1n) is 11.6. The summed E-state index contributed by atoms with van der Waals surface area (Å²) in [5.41, 5.74) is 2.20. The Kier molecular flexibility index (Phi) is 10.3. The number of rotatable bonds is 11. The van der Waals surface area contributed by atoms with E-state index in [1.807, 2.05) is 24.3 Å². The standard InChI is InChI=1S/C27H29N3O7/c31-16-24(30-27(35)37-18-21-9-5-2-6-10-21)29-25(33)23(15-19-11-13-22(32)14-12-19)28-26(34)36-17-20-7-3-1-4-8-20/h1-14,23-24,31-32H,15-18H2,(H,28,34)(H,29,33)(H,30,35)/t23-,24-/m0/s1. The number of aromatic hydroxyl groups is 1. The van der Waals surface area contributed by atoms with Gasteiger partial charge < -0.3 is 30.3 Å². The Morgan fingerprint density at radius 2 is 1.19 bits per heavy atom. The van der Waals surface area contributed by atoms with Gasteiger partial charge in [-0.1, -0.05) is 72.8 Å². The third kappa shape index (κ3) is 9.54. The van der Waals surface area contributed by atoms with Crippen LogP contribution in [0.3, 0.4) is 0 Å². The Labute approximate surface area is 214 Å². The van der Waals surface area contributed by atoms with Crippen LogP contribution in [-0.4, -0.2) is 47.1 Å². The topological polar surface area (TPSA) is 146 Å². The first-order valence-corrected chi connectivity index (χ1v) is 11.6. The van der Waals surface area contributed by atoms with E-state index in [-0.39, 0.29) is 25.4 Å². The molecule has 0 bridgehead atoms. The zero-order chi connectivity index (χ0) is 26.5. The van der Waals surface area contributed by atoms with Gasteiger partial charge in [0.1, 0.15) is 31.2 Å². The molecule has 3 amide bonds. The highest BCUT2D eigenvalue weighted by atomic mass is 16.6. The van der Waals surface area contributed by atoms with Crippen molar-refractivity contribution in [3.8, 4) is 5.75 Å². The number of amides is 3. The van der Waals surface area contributed by atoms with E-state index in [0.717, 1.165) is 11.1 Å². The van der Waals surface area contributed by atoms with E-state index in [4.69, 9.17) is 9.47 Å². The van der Waals surface area contributed by atoms with Crippen molar-refractivity contribution < 1.29 is 34.1 Å². The predicted molar refractivity (Wildman–Crippen MR) is 134 cm³/mol. The van der Waals surface area contributed by atoms with Crippen LogP contribution in [0.4, 0.5) is 9.59 Å². The third-order valence-electron chi connectivity index (χ3n) is 5.20. The number of hydrogen-bond acceptors (Lipinski definition) is 7. The predicted octanol–water partition coefficient (Wildman–Crippen LogP) is 2.59. The maximum absolute atomic E-state index is 13.0. The highest BCUT2D eigenvalue weighted by molar-refractivity contribution is 5.86. The molecule has 0 aromatic heterocycles. The lowest BCUT2D eigenvalue weighted by atomic mass is 10.1. The summed E-state index contributed by atoms with van der Waals surface area (Å²) in [5, 5.41) is 26.6. The molecule has 3 rings (SSSR count). The first-order chi connectivity index (χ1) is 17.9. The van der Waals surface area contributed by atoms with Crippen LogP contribution >= 0.6 is 0 Å². The highest BCUT2D eigenvalue weighted by Gasteiger charge is 2.25. The molecule has 194 valence electrons. The van der Waals surface area contributed by atoms with Crippen molar-refractivity contribution in [2.75, 3.05) is 6.61 Å². The average Bonchev–Trinajstić information content (AvgIpc) is 2.92. The van der Waals surface area contributed by atoms with E-state index < -0.39 is 36.9 Å². The number of aliphatic hydroxyl groups excluding tert-OH is 1. The van der Waals surface area contributed by atoms with Gasteiger partial charge in [0.05, 0.1) is 6.61 Å². The van der Waals surface area contributed by atoms with Gasteiger partial charge in [-0.05, 0) is 28.8 Å². The van der Waals surface area contributed by atoms with Crippen LogP contribution in [0, 0.1) is 0 Å². The van der Waals surface area contributed by atoms with Crippen molar-refractivity contribution in [1.82, 2.24) is 16.0 Å². The molecule has 0 unspecified atom stereocenters. The molecule has 0 spiro atoms. The molecule has 5 N–H and O–H groups in total. The van der Waals surface area contributed by atoms with Crippen LogP contribution in [0.5, 0.6) is 5.75 Å². The van der Waals surface area contributed by atoms with Crippen LogP contribution in [-0.2, 0) is 33.9 Å². The molecule has 10 nitrogen and oxygen atoms in total. The van der Waals surface area contributed by atoms with Crippen molar-refractivity contribution in [1.29, 1.82) is 0 Å². The van der Waals surface area contributed by atoms with Gasteiger partial charge in [-0.2, -0.15) is 0 Å². The molecular formula is C27H29N3O7. The molecule has 0 aliphatic carbocycles. The summed E-state index contributed by atoms with van der Waals surface area (Å²) in [7, 11) is 0. The molecular weight excluding hydrogens is 478 g/mol. The fraction of sp³-hybridized carbons (Fsp3) is 0.222. The Hall–Kier alpha value is -4.57. The zero-order valence-corrected chi connectivity index (χ0v) is 20.0. The van der Waals surface area contributed by atoms with Gasteiger partial charge in [0.15, 0.2) is 0 Å². The van der Waals surface area contributed by atoms with E-state index in [1.165, 1.54) is 12.1 Å². The lowest BCUT2D eigenvalue weighted by Crippen LogP contribution is -2.56. The Balaban J connectivity index is 1.59. The van der Waals surface area contributed by atoms with Crippen LogP contribution in [0.15, 0.2) is 84.9 Å². The van der Waals surface area contributed by atoms with Gasteiger partial charge in [0.2, 0.25) is 5.91 Å². The molecule has 0 aliphatic rings. The maximum atomic E-state index is 13.0. The fourth-order valence-electron chi connectivity index (χ4n) is 3.29. The zero-order valence-electron chi connectivity index (χ0n) is 20.0. The number of nitrogens with one attached hydrogen (secondary N) is 3. The van der Waals surface area contributed by atoms with Crippen molar-refractivity contribution in [2.45, 2.75) is 31.8 Å². The molecule has 0 fully saturated rings. The summed E-state index contributed by atoms with van der Waals surface area (Å²) >= 11 is 0. The van der Waals surface area contributed by atoms with Gasteiger partial charge in [-0.25, -0.2) is 9.59 Å². The highest BCUT2D eigenvalue weighted by Crippen LogP contribution is 2.12. The maximum Gasteiger partial charge on any atom is 0.409 e. The number of hydrogen-bond donors (Lipinski definition) is 5. The average molecular weight is 508 g/mol. The molecule has 0 saturated heterocycles. The molecule has 10 heteroatoms. The minimum Gasteiger partial charge on any atom is -0.508 e. The van der Waals surface area contributed by atoms with Gasteiger partial charge in [-0.3, -0.25) is 10.1 Å². The Morgan fingerprint density at radius 1 is 0.676 bits per heavy atom. The smallest absolute Gasteiger partial charge is 0.409 e. The number of phenolic OH excluding ortho intramolecular Hbond substituents is 1. The second-order valence-corrected chi connectivity index (χ2v) is 8.08. The normalized spacial score (nSPS) is 12.0. The fourth-order valence-corrected chi connectivity index (χ4v) is 3.29. The monoisotopic (exact) mass is 507 g/mol. The van der Waals surface area contributed by atoms with Gasteiger partial charge in [-0.15, -0.1) is 0 Å². The van der Waals surface area contributed by atoms with Crippen LogP contribution < -0.4 is 16.0 Å². The molecule has 3 aromatic rings. The first kappa shape index (κ1) is 27.0. The summed E-state index contributed by atoms with van der Waals surface area (Å²) in [6.07, 6.45) is -2.77. The molecule has 0 heterocycles. The van der Waals surface area contributed by atoms with Crippen molar-refractivity contribution in [3.63, 3.8) is 0 Å². The number of benzene rings is 3. The third-order valence-corrected chi connectivity index (χ3v) is 5.20. The minimum atomic E-state index is -1.17. The van der Waals surface area contributed by atoms with Gasteiger partial charge in [0, 0.05) is 6.42 Å². The quantitative estimate of drug-likeness (QED) is 0.251. The lowest BCUT2D eigenvalue weighted by molar-refractivity contribution is -0.124. The summed E-state index contributed by atoms with van der Waals surface area (Å²) in [4.78, 5) is 37.6. The largest absolute Gasteiger partial charge is 0.508 e. The van der Waals surface area contributed by atoms with E-state index in [2.05, 4.69) is 16.0 Å². The van der Waals surface area contributed by atoms with Crippen molar-refractivity contribution in [3.05, 3.63) is 102 Å². The summed E-state index contributed by atoms with van der Waals surface area (Å²) in [6.45, 7) is -0.595. The number of ether oxygens (including phenoxy) is 2. The second kappa shape index (κ2) is 14.1. The van der Waals surface area contributed by atoms with Crippen LogP contribution in [0.2, 0.25) is 0 Å². The minimum absolute atomic E-state index is 0.00823. The van der Waals surface area contributed by atoms with E-state index in [0.29, 0.717) is 5.56 Å². The summed E-state index contributed by atoms with van der Waals surface area (Å²) in [5.74, 6) is -0.620. The van der Waals surface area contributed by atoms with Crippen LogP contribution in [0.25, 0.3) is 0 Å². The molecule has 3 aromatic carbocycles. The summed E-state index contributed by atoms with van der Waals surface area (Å²) < 4.78 is 10.3. The van der Waals surface area contributed by atoms with Gasteiger partial charge in [0.25, 0.3) is 0 Å². The number of aliphatic hydroxyl groups is 1. The van der Waals surface area contributed by atoms with Crippen molar-refractivity contribution in [2.24, 2.45) is 0 Å². The number of carbonyl (C=O) groups excluding carboxylic acids is 3. The van der Waals surface area contributed by atoms with E-state index >= 15 is 0 Å². The molecule has 0 radical (unpaired) electrons. The number of phenols is 1.